The molecule has 0 aliphatic carbocycles. The first-order chi connectivity index (χ1) is 7.27. The monoisotopic (exact) mass is 221 g/mol. The van der Waals surface area contributed by atoms with Crippen LogP contribution >= 0.6 is 12.2 Å². The summed E-state index contributed by atoms with van der Waals surface area (Å²) in [6.07, 6.45) is 0. The van der Waals surface area contributed by atoms with Crippen LogP contribution in [0.1, 0.15) is 5.82 Å². The summed E-state index contributed by atoms with van der Waals surface area (Å²) in [4.78, 5) is 0. The summed E-state index contributed by atoms with van der Waals surface area (Å²) in [5, 5.41) is 9.80. The number of hydrogen-bond donors (Lipinski definition) is 3. The highest BCUT2D eigenvalue weighted by molar-refractivity contribution is 7.71. The summed E-state index contributed by atoms with van der Waals surface area (Å²) < 4.78 is 1.77. The molecule has 0 amide bonds. The molecule has 1 aromatic heterocycles. The Balaban J connectivity index is 2.06. The molecule has 0 saturated heterocycles. The second kappa shape index (κ2) is 4.14. The minimum atomic E-state index is 0.417. The number of para-hydroxylation sites is 1. The van der Waals surface area contributed by atoms with Crippen molar-refractivity contribution in [2.24, 2.45) is 0 Å². The second-order valence-electron chi connectivity index (χ2n) is 3.03. The molecule has 0 spiro atoms. The predicted octanol–water partition coefficient (Wildman–Crippen LogP) is 1.27. The van der Waals surface area contributed by atoms with E-state index in [1.165, 1.54) is 4.68 Å². The van der Waals surface area contributed by atoms with Crippen LogP contribution in [0.4, 0.5) is 5.69 Å². The highest BCUT2D eigenvalue weighted by atomic mass is 32.1. The fraction of sp³-hybridized carbons (Fsp3) is 0.111. The lowest BCUT2D eigenvalue weighted by Crippen LogP contribution is -2.15. The van der Waals surface area contributed by atoms with Crippen molar-refractivity contribution >= 4 is 17.9 Å². The van der Waals surface area contributed by atoms with E-state index >= 15 is 0 Å². The fourth-order valence-electron chi connectivity index (χ4n) is 1.20. The molecular weight excluding hydrogens is 210 g/mol. The van der Waals surface area contributed by atoms with Gasteiger partial charge >= 0.3 is 0 Å². The van der Waals surface area contributed by atoms with Gasteiger partial charge in [-0.1, -0.05) is 18.2 Å². The Hall–Kier alpha value is -1.82. The number of rotatable bonds is 3. The molecule has 0 saturated carbocycles. The van der Waals surface area contributed by atoms with Gasteiger partial charge < -0.3 is 11.2 Å². The van der Waals surface area contributed by atoms with E-state index in [4.69, 9.17) is 18.1 Å². The molecule has 0 unspecified atom stereocenters. The maximum Gasteiger partial charge on any atom is 0.214 e. The molecule has 15 heavy (non-hydrogen) atoms. The summed E-state index contributed by atoms with van der Waals surface area (Å²) in [6.45, 7) is 0.535. The second-order valence-corrected chi connectivity index (χ2v) is 3.42. The number of hydrogen-bond acceptors (Lipinski definition) is 4. The van der Waals surface area contributed by atoms with Crippen LogP contribution in [0.5, 0.6) is 0 Å². The first kappa shape index (κ1) is 9.72. The Morgan fingerprint density at radius 1 is 1.40 bits per heavy atom. The van der Waals surface area contributed by atoms with Crippen LogP contribution in [0.3, 0.4) is 0 Å². The van der Waals surface area contributed by atoms with E-state index in [-0.39, 0.29) is 0 Å². The molecule has 2 aromatic rings. The molecule has 78 valence electrons. The fourth-order valence-corrected chi connectivity index (χ4v) is 1.35. The number of nitrogen functional groups attached to an aromatic ring is 1. The quantitative estimate of drug-likeness (QED) is 0.539. The highest BCUT2D eigenvalue weighted by Crippen LogP contribution is 2.06. The minimum absolute atomic E-state index is 0.417. The molecular formula is C9H11N5S. The average Bonchev–Trinajstić information content (AvgIpc) is 2.59. The van der Waals surface area contributed by atoms with Crippen molar-refractivity contribution in [3.8, 4) is 0 Å². The number of aromatic nitrogens is 3. The Bertz CT molecular complexity index is 487. The molecule has 0 radical (unpaired) electrons. The van der Waals surface area contributed by atoms with E-state index in [0.717, 1.165) is 5.69 Å². The van der Waals surface area contributed by atoms with Gasteiger partial charge in [0.2, 0.25) is 4.77 Å². The maximum absolute atomic E-state index is 5.65. The molecule has 1 heterocycles. The van der Waals surface area contributed by atoms with E-state index in [9.17, 15) is 0 Å². The standard InChI is InChI=1S/C9H11N5S/c10-14-8(12-13-9(14)15)6-11-7-4-2-1-3-5-7/h1-5,11H,6,10H2,(H,13,15). The lowest BCUT2D eigenvalue weighted by molar-refractivity contribution is 0.856. The molecule has 0 fully saturated rings. The number of anilines is 1. The zero-order chi connectivity index (χ0) is 10.7. The SMILES string of the molecule is Nn1c(CNc2ccccc2)n[nH]c1=S. The van der Waals surface area contributed by atoms with E-state index in [1.807, 2.05) is 30.3 Å². The first-order valence-electron chi connectivity index (χ1n) is 4.47. The smallest absolute Gasteiger partial charge is 0.214 e. The lowest BCUT2D eigenvalue weighted by Gasteiger charge is -2.04. The Kier molecular flexibility index (Phi) is 2.68. The molecule has 4 N–H and O–H groups in total. The third-order valence-electron chi connectivity index (χ3n) is 2.00. The van der Waals surface area contributed by atoms with Crippen molar-refractivity contribution in [3.05, 3.63) is 40.9 Å². The molecule has 0 aliphatic rings. The summed E-state index contributed by atoms with van der Waals surface area (Å²) in [7, 11) is 0. The van der Waals surface area contributed by atoms with Gasteiger partial charge in [-0.15, -0.1) is 0 Å². The average molecular weight is 221 g/mol. The van der Waals surface area contributed by atoms with Crippen molar-refractivity contribution in [1.82, 2.24) is 14.9 Å². The van der Waals surface area contributed by atoms with E-state index in [2.05, 4.69) is 15.5 Å². The number of nitrogens with two attached hydrogens (primary N) is 1. The van der Waals surface area contributed by atoms with Crippen molar-refractivity contribution in [1.29, 1.82) is 0 Å². The Morgan fingerprint density at radius 2 is 2.13 bits per heavy atom. The van der Waals surface area contributed by atoms with Gasteiger partial charge in [-0.05, 0) is 24.4 Å². The van der Waals surface area contributed by atoms with E-state index < -0.39 is 0 Å². The molecule has 0 aliphatic heterocycles. The highest BCUT2D eigenvalue weighted by Gasteiger charge is 2.01. The van der Waals surface area contributed by atoms with E-state index in [0.29, 0.717) is 17.1 Å². The topological polar surface area (TPSA) is 71.7 Å². The third kappa shape index (κ3) is 2.16. The van der Waals surface area contributed by atoms with Crippen LogP contribution in [-0.4, -0.2) is 14.9 Å². The Morgan fingerprint density at radius 3 is 2.73 bits per heavy atom. The van der Waals surface area contributed by atoms with Crippen LogP contribution in [0.15, 0.2) is 30.3 Å². The van der Waals surface area contributed by atoms with Gasteiger partial charge in [-0.2, -0.15) is 5.10 Å². The van der Waals surface area contributed by atoms with E-state index in [1.54, 1.807) is 0 Å². The lowest BCUT2D eigenvalue weighted by atomic mass is 10.3. The molecule has 5 nitrogen and oxygen atoms in total. The van der Waals surface area contributed by atoms with Crippen LogP contribution < -0.4 is 11.2 Å². The molecule has 2 rings (SSSR count). The van der Waals surface area contributed by atoms with Crippen LogP contribution in [0.25, 0.3) is 0 Å². The van der Waals surface area contributed by atoms with Crippen LogP contribution in [0.2, 0.25) is 0 Å². The van der Waals surface area contributed by atoms with Crippen LogP contribution in [0, 0.1) is 4.77 Å². The van der Waals surface area contributed by atoms with Gasteiger partial charge in [0.15, 0.2) is 5.82 Å². The predicted molar refractivity (Wildman–Crippen MR) is 61.3 cm³/mol. The number of H-pyrrole nitrogens is 1. The first-order valence-corrected chi connectivity index (χ1v) is 4.88. The number of nitrogens with zero attached hydrogens (tertiary/aromatic N) is 2. The third-order valence-corrected chi connectivity index (χ3v) is 2.29. The van der Waals surface area contributed by atoms with Crippen molar-refractivity contribution in [2.45, 2.75) is 6.54 Å². The van der Waals surface area contributed by atoms with Gasteiger partial charge in [0, 0.05) is 5.69 Å². The molecule has 1 aromatic carbocycles. The summed E-state index contributed by atoms with van der Waals surface area (Å²) in [5.41, 5.74) is 1.02. The van der Waals surface area contributed by atoms with Crippen molar-refractivity contribution in [2.75, 3.05) is 11.2 Å². The zero-order valence-electron chi connectivity index (χ0n) is 7.97. The van der Waals surface area contributed by atoms with Crippen molar-refractivity contribution < 1.29 is 0 Å². The van der Waals surface area contributed by atoms with Gasteiger partial charge in [0.25, 0.3) is 0 Å². The summed E-state index contributed by atoms with van der Waals surface area (Å²) in [6, 6.07) is 9.83. The molecule has 0 bridgehead atoms. The number of aromatic amines is 1. The molecule has 6 heteroatoms. The van der Waals surface area contributed by atoms with Gasteiger partial charge in [-0.25, -0.2) is 4.68 Å². The molecule has 0 atom stereocenters. The van der Waals surface area contributed by atoms with Crippen molar-refractivity contribution in [3.63, 3.8) is 0 Å². The number of benzene rings is 1. The number of nitrogens with one attached hydrogen (secondary N) is 2. The summed E-state index contributed by atoms with van der Waals surface area (Å²) in [5.74, 6) is 6.32. The summed E-state index contributed by atoms with van der Waals surface area (Å²) >= 11 is 4.90. The van der Waals surface area contributed by atoms with Crippen LogP contribution in [-0.2, 0) is 6.54 Å². The van der Waals surface area contributed by atoms with Gasteiger partial charge in [0.05, 0.1) is 6.54 Å². The van der Waals surface area contributed by atoms with Gasteiger partial charge in [0.1, 0.15) is 0 Å². The van der Waals surface area contributed by atoms with Gasteiger partial charge in [-0.3, -0.25) is 5.10 Å². The Labute approximate surface area is 91.9 Å². The minimum Gasteiger partial charge on any atom is -0.378 e. The normalized spacial score (nSPS) is 10.1. The largest absolute Gasteiger partial charge is 0.378 e. The maximum atomic E-state index is 5.65. The zero-order valence-corrected chi connectivity index (χ0v) is 8.79.